The molecule has 4 aromatic heterocycles. The van der Waals surface area contributed by atoms with Crippen molar-refractivity contribution in [3.05, 3.63) is 106 Å². The summed E-state index contributed by atoms with van der Waals surface area (Å²) in [6, 6.07) is 15.5. The molecule has 2 aromatic carbocycles. The van der Waals surface area contributed by atoms with E-state index in [0.29, 0.717) is 87.6 Å². The maximum absolute atomic E-state index is 14.7. The summed E-state index contributed by atoms with van der Waals surface area (Å²) >= 11 is 9.32. The molecule has 1 atom stereocenters. The number of hydrogen-bond donors (Lipinski definition) is 3. The van der Waals surface area contributed by atoms with Crippen molar-refractivity contribution in [2.45, 2.75) is 87.1 Å². The van der Waals surface area contributed by atoms with Crippen LogP contribution in [0.5, 0.6) is 0 Å². The highest BCUT2D eigenvalue weighted by Crippen LogP contribution is 2.33. The van der Waals surface area contributed by atoms with Gasteiger partial charge in [0.1, 0.15) is 28.9 Å². The van der Waals surface area contributed by atoms with E-state index in [1.54, 1.807) is 45.1 Å². The zero-order valence-corrected chi connectivity index (χ0v) is 48.0. The largest absolute Gasteiger partial charge is 0.444 e. The number of hydrogen-bond acceptors (Lipinski definition) is 16. The van der Waals surface area contributed by atoms with Crippen LogP contribution in [0.1, 0.15) is 85.4 Å². The molecule has 10 rings (SSSR count). The molecule has 4 fully saturated rings. The summed E-state index contributed by atoms with van der Waals surface area (Å²) in [7, 11) is 0. The van der Waals surface area contributed by atoms with Gasteiger partial charge in [-0.15, -0.1) is 10.2 Å². The van der Waals surface area contributed by atoms with Crippen LogP contribution in [-0.4, -0.2) is 192 Å². The SMILES string of the molecule is Cc1cc(-n2ccnc2)ccc1CSc1nnc(C(=O)N2CCN(CC3CCN(CC(=O)N4CCN(CC[C@H](NC(=O)C5(NC(=O)OC(C)(C)C)CCN(c6ncnc7[nH]ccc67)CC5)c5ccc(Cl)cc5)CC4)CC3)CC2)s1. The minimum atomic E-state index is -1.24. The Bertz CT molecular complexity index is 3030. The molecule has 0 saturated carbocycles. The second-order valence-electron chi connectivity index (χ2n) is 22.3. The maximum Gasteiger partial charge on any atom is 0.408 e. The fraction of sp³-hybridized carbons (Fsp3) is 0.518. The van der Waals surface area contributed by atoms with Crippen molar-refractivity contribution in [2.24, 2.45) is 5.92 Å². The number of H-pyrrole nitrogens is 1. The molecule has 79 heavy (non-hydrogen) atoms. The number of amides is 4. The number of thioether (sulfide) groups is 1. The Labute approximate surface area is 475 Å². The molecule has 6 aromatic rings. The standard InChI is InChI=1S/C56H72ClN15O5S2/c1-39-33-44(72-24-18-58-38-72)10-7-42(39)36-78-54-65-64-50(79-54)51(74)71-31-27-68(28-32-71)34-40-12-19-67(20-13-40)35-47(73)69-29-25-66(26-30-69)21-14-46(41-5-8-43(57)9-6-41)62-52(75)56(63-53(76)77-55(2,3)4)15-22-70(23-16-56)49-45-11-17-59-48(45)60-37-61-49/h5-11,17-18,24,33,37-38,40,46H,12-16,19-23,25-32,34-36H2,1-4H3,(H,62,75)(H,63,76)(H,59,60,61)/t46-/m0/s1. The van der Waals surface area contributed by atoms with Crippen LogP contribution in [0, 0.1) is 12.8 Å². The van der Waals surface area contributed by atoms with Gasteiger partial charge < -0.3 is 39.6 Å². The van der Waals surface area contributed by atoms with Crippen molar-refractivity contribution in [2.75, 3.05) is 103 Å². The smallest absolute Gasteiger partial charge is 0.408 e. The summed E-state index contributed by atoms with van der Waals surface area (Å²) < 4.78 is 8.49. The molecular formula is C56H72ClN15O5S2. The van der Waals surface area contributed by atoms with E-state index in [1.165, 1.54) is 28.8 Å². The third-order valence-electron chi connectivity index (χ3n) is 15.8. The lowest BCUT2D eigenvalue weighted by atomic mass is 9.85. The average Bonchev–Trinajstić information content (AvgIpc) is 4.29. The average molecular weight is 1130 g/mol. The van der Waals surface area contributed by atoms with E-state index < -0.39 is 17.2 Å². The van der Waals surface area contributed by atoms with Gasteiger partial charge in [-0.25, -0.2) is 19.7 Å². The number of rotatable bonds is 17. The first-order chi connectivity index (χ1) is 38.1. The number of piperazine rings is 2. The molecule has 20 nitrogen and oxygen atoms in total. The van der Waals surface area contributed by atoms with Crippen molar-refractivity contribution >= 4 is 75.4 Å². The summed E-state index contributed by atoms with van der Waals surface area (Å²) in [5.41, 5.74) is 3.14. The minimum Gasteiger partial charge on any atom is -0.444 e. The molecule has 4 saturated heterocycles. The van der Waals surface area contributed by atoms with Gasteiger partial charge in [-0.2, -0.15) is 0 Å². The Morgan fingerprint density at radius 3 is 2.32 bits per heavy atom. The zero-order valence-electron chi connectivity index (χ0n) is 45.6. The fourth-order valence-electron chi connectivity index (χ4n) is 11.1. The highest BCUT2D eigenvalue weighted by Gasteiger charge is 2.45. The Balaban J connectivity index is 0.649. The summed E-state index contributed by atoms with van der Waals surface area (Å²) in [6.07, 6.45) is 11.6. The predicted molar refractivity (Wildman–Crippen MR) is 307 cm³/mol. The number of nitrogens with zero attached hydrogens (tertiary/aromatic N) is 12. The van der Waals surface area contributed by atoms with Gasteiger partial charge in [0.15, 0.2) is 4.34 Å². The number of piperidine rings is 2. The number of halogens is 1. The first kappa shape index (κ1) is 56.1. The van der Waals surface area contributed by atoms with Gasteiger partial charge in [0.25, 0.3) is 5.91 Å². The molecule has 0 spiro atoms. The zero-order chi connectivity index (χ0) is 55.1. The molecule has 0 radical (unpaired) electrons. The van der Waals surface area contributed by atoms with Gasteiger partial charge in [-0.3, -0.25) is 29.1 Å². The van der Waals surface area contributed by atoms with E-state index in [9.17, 15) is 19.2 Å². The number of aryl methyl sites for hydroxylation is 1. The number of nitrogens with one attached hydrogen (secondary N) is 3. The second kappa shape index (κ2) is 25.1. The second-order valence-corrected chi connectivity index (χ2v) is 24.9. The van der Waals surface area contributed by atoms with E-state index >= 15 is 0 Å². The first-order valence-corrected chi connectivity index (χ1v) is 29.7. The van der Waals surface area contributed by atoms with Crippen LogP contribution >= 0.6 is 34.7 Å². The molecule has 0 unspecified atom stereocenters. The minimum absolute atomic E-state index is 0.0413. The van der Waals surface area contributed by atoms with E-state index in [1.807, 2.05) is 57.1 Å². The third-order valence-corrected chi connectivity index (χ3v) is 18.1. The molecule has 4 amide bonds. The fourth-order valence-corrected chi connectivity index (χ4v) is 13.1. The number of imidazole rings is 1. The number of likely N-dealkylation sites (tertiary alicyclic amines) is 1. The van der Waals surface area contributed by atoms with E-state index in [2.05, 4.69) is 85.5 Å². The number of ether oxygens (including phenoxy) is 1. The predicted octanol–water partition coefficient (Wildman–Crippen LogP) is 6.67. The Kier molecular flexibility index (Phi) is 17.8. The van der Waals surface area contributed by atoms with Crippen LogP contribution in [0.4, 0.5) is 10.6 Å². The highest BCUT2D eigenvalue weighted by molar-refractivity contribution is 8.00. The third kappa shape index (κ3) is 14.2. The van der Waals surface area contributed by atoms with Crippen molar-refractivity contribution < 1.29 is 23.9 Å². The summed E-state index contributed by atoms with van der Waals surface area (Å²) in [5, 5.41) is 16.9. The monoisotopic (exact) mass is 1130 g/mol. The number of anilines is 1. The number of aromatic amines is 1. The quantitative estimate of drug-likeness (QED) is 0.0816. The first-order valence-electron chi connectivity index (χ1n) is 27.5. The molecule has 4 aliphatic heterocycles. The molecular weight excluding hydrogens is 1060 g/mol. The van der Waals surface area contributed by atoms with Crippen molar-refractivity contribution in [1.29, 1.82) is 0 Å². The normalized spacial score (nSPS) is 18.4. The van der Waals surface area contributed by atoms with Crippen molar-refractivity contribution in [1.82, 2.24) is 69.8 Å². The lowest BCUT2D eigenvalue weighted by Crippen LogP contribution is -2.64. The lowest BCUT2D eigenvalue weighted by Gasteiger charge is -2.42. The molecule has 0 bridgehead atoms. The Hall–Kier alpha value is -6.17. The van der Waals surface area contributed by atoms with E-state index in [4.69, 9.17) is 16.3 Å². The topological polar surface area (TPSA) is 206 Å². The van der Waals surface area contributed by atoms with Crippen LogP contribution in [-0.2, 0) is 20.1 Å². The highest BCUT2D eigenvalue weighted by atomic mass is 35.5. The maximum atomic E-state index is 14.7. The number of carbonyl (C=O) groups is 4. The molecule has 4 aliphatic rings. The summed E-state index contributed by atoms with van der Waals surface area (Å²) in [4.78, 5) is 84.7. The van der Waals surface area contributed by atoms with Crippen LogP contribution in [0.15, 0.2) is 84.1 Å². The van der Waals surface area contributed by atoms with Gasteiger partial charge in [0, 0.05) is 114 Å². The van der Waals surface area contributed by atoms with Gasteiger partial charge in [-0.1, -0.05) is 52.9 Å². The molecule has 8 heterocycles. The number of carbonyl (C=O) groups excluding carboxylic acids is 4. The van der Waals surface area contributed by atoms with Crippen LogP contribution < -0.4 is 15.5 Å². The molecule has 3 N–H and O–H groups in total. The van der Waals surface area contributed by atoms with Gasteiger partial charge in [0.05, 0.1) is 24.3 Å². The molecule has 420 valence electrons. The van der Waals surface area contributed by atoms with Gasteiger partial charge in [0.2, 0.25) is 16.8 Å². The number of fused-ring (bicyclic) bond motifs is 1. The van der Waals surface area contributed by atoms with Crippen molar-refractivity contribution in [3.8, 4) is 5.69 Å². The van der Waals surface area contributed by atoms with Crippen molar-refractivity contribution in [3.63, 3.8) is 0 Å². The van der Waals surface area contributed by atoms with E-state index in [0.717, 1.165) is 96.8 Å². The van der Waals surface area contributed by atoms with Crippen LogP contribution in [0.25, 0.3) is 16.7 Å². The van der Waals surface area contributed by atoms with Crippen LogP contribution in [0.3, 0.4) is 0 Å². The Morgan fingerprint density at radius 1 is 0.873 bits per heavy atom. The van der Waals surface area contributed by atoms with Gasteiger partial charge >= 0.3 is 6.09 Å². The molecule has 0 aliphatic carbocycles. The summed E-state index contributed by atoms with van der Waals surface area (Å²) in [5.74, 6) is 1.94. The van der Waals surface area contributed by atoms with Crippen LogP contribution in [0.2, 0.25) is 5.02 Å². The number of benzene rings is 2. The Morgan fingerprint density at radius 2 is 1.61 bits per heavy atom. The van der Waals surface area contributed by atoms with Gasteiger partial charge in [-0.05, 0) is 126 Å². The number of aromatic nitrogens is 7. The van der Waals surface area contributed by atoms with E-state index in [-0.39, 0.29) is 23.8 Å². The lowest BCUT2D eigenvalue weighted by molar-refractivity contribution is -0.134. The molecule has 23 heteroatoms. The summed E-state index contributed by atoms with van der Waals surface area (Å²) in [6.45, 7) is 18.1. The number of alkyl carbamates (subject to hydrolysis) is 1.